The Labute approximate surface area is 137 Å². The summed E-state index contributed by atoms with van der Waals surface area (Å²) < 4.78 is 0. The third-order valence-electron chi connectivity index (χ3n) is 4.62. The van der Waals surface area contributed by atoms with E-state index in [4.69, 9.17) is 0 Å². The molecule has 0 amide bonds. The number of pyridine rings is 1. The first-order valence-corrected chi connectivity index (χ1v) is 7.90. The van der Waals surface area contributed by atoms with Gasteiger partial charge in [-0.15, -0.1) is 0 Å². The first-order chi connectivity index (χ1) is 11.2. The van der Waals surface area contributed by atoms with Crippen LogP contribution in [0.3, 0.4) is 0 Å². The lowest BCUT2D eigenvalue weighted by Gasteiger charge is -2.24. The largest absolute Gasteiger partial charge is 0.331 e. The van der Waals surface area contributed by atoms with Gasteiger partial charge in [-0.3, -0.25) is 4.90 Å². The van der Waals surface area contributed by atoms with Gasteiger partial charge < -0.3 is 9.80 Å². The number of hydrogen-bond acceptors (Lipinski definition) is 4. The molecule has 1 fully saturated rings. The van der Waals surface area contributed by atoms with Crippen LogP contribution in [0.2, 0.25) is 0 Å². The van der Waals surface area contributed by atoms with Crippen molar-refractivity contribution >= 4 is 22.9 Å². The number of benzene rings is 1. The van der Waals surface area contributed by atoms with Crippen LogP contribution in [0.25, 0.3) is 0 Å². The molecule has 0 unspecified atom stereocenters. The first-order valence-electron chi connectivity index (χ1n) is 7.90. The number of rotatable bonds is 2. The molecule has 0 spiro atoms. The molecule has 0 atom stereocenters. The summed E-state index contributed by atoms with van der Waals surface area (Å²) in [4.78, 5) is 11.0. The Kier molecular flexibility index (Phi) is 3.11. The van der Waals surface area contributed by atoms with Crippen molar-refractivity contribution in [1.82, 2.24) is 4.98 Å². The summed E-state index contributed by atoms with van der Waals surface area (Å²) in [5.74, 6) is 1.91. The Balaban J connectivity index is 1.77. The summed E-state index contributed by atoms with van der Waals surface area (Å²) in [6, 6.07) is 12.5. The minimum Gasteiger partial charge on any atom is -0.331 e. The first kappa shape index (κ1) is 13.9. The average Bonchev–Trinajstić information content (AvgIpc) is 3.11. The SMILES string of the molecule is C=C1CCCN1c1cc(N2C(=C)N(C)c3ccccc32)ccn1. The van der Waals surface area contributed by atoms with Crippen LogP contribution >= 0.6 is 0 Å². The van der Waals surface area contributed by atoms with Crippen LogP contribution in [-0.2, 0) is 0 Å². The van der Waals surface area contributed by atoms with Crippen molar-refractivity contribution in [3.05, 3.63) is 67.3 Å². The smallest absolute Gasteiger partial charge is 0.134 e. The highest BCUT2D eigenvalue weighted by atomic mass is 15.4. The van der Waals surface area contributed by atoms with Gasteiger partial charge in [0.1, 0.15) is 11.6 Å². The molecule has 0 N–H and O–H groups in total. The summed E-state index contributed by atoms with van der Waals surface area (Å²) in [5, 5.41) is 0. The van der Waals surface area contributed by atoms with E-state index >= 15 is 0 Å². The summed E-state index contributed by atoms with van der Waals surface area (Å²) in [6.45, 7) is 9.39. The van der Waals surface area contributed by atoms with Crippen LogP contribution in [0.5, 0.6) is 0 Å². The van der Waals surface area contributed by atoms with Crippen LogP contribution in [0.15, 0.2) is 67.3 Å². The van der Waals surface area contributed by atoms with Gasteiger partial charge in [-0.1, -0.05) is 25.3 Å². The van der Waals surface area contributed by atoms with Crippen molar-refractivity contribution in [2.75, 3.05) is 28.3 Å². The number of allylic oxidation sites excluding steroid dienone is 1. The summed E-state index contributed by atoms with van der Waals surface area (Å²) in [5.41, 5.74) is 4.54. The number of fused-ring (bicyclic) bond motifs is 1. The van der Waals surface area contributed by atoms with Crippen molar-refractivity contribution < 1.29 is 0 Å². The van der Waals surface area contributed by atoms with E-state index in [1.807, 2.05) is 19.3 Å². The third-order valence-corrected chi connectivity index (χ3v) is 4.62. The van der Waals surface area contributed by atoms with Gasteiger partial charge in [-0.25, -0.2) is 4.98 Å². The second-order valence-electron chi connectivity index (χ2n) is 5.99. The van der Waals surface area contributed by atoms with Crippen molar-refractivity contribution in [3.8, 4) is 0 Å². The van der Waals surface area contributed by atoms with Gasteiger partial charge in [0.2, 0.25) is 0 Å². The van der Waals surface area contributed by atoms with E-state index in [0.29, 0.717) is 0 Å². The van der Waals surface area contributed by atoms with Gasteiger partial charge in [0.05, 0.1) is 17.1 Å². The van der Waals surface area contributed by atoms with Gasteiger partial charge in [0.15, 0.2) is 0 Å². The maximum absolute atomic E-state index is 4.54. The van der Waals surface area contributed by atoms with E-state index in [1.165, 1.54) is 5.69 Å². The van der Waals surface area contributed by atoms with Crippen molar-refractivity contribution in [2.45, 2.75) is 12.8 Å². The van der Waals surface area contributed by atoms with Gasteiger partial charge in [-0.2, -0.15) is 0 Å². The minimum absolute atomic E-state index is 0.948. The molecule has 2 aliphatic heterocycles. The fraction of sp³-hybridized carbons (Fsp3) is 0.211. The summed E-state index contributed by atoms with van der Waals surface area (Å²) >= 11 is 0. The minimum atomic E-state index is 0.948. The van der Waals surface area contributed by atoms with Crippen molar-refractivity contribution in [3.63, 3.8) is 0 Å². The molecule has 2 aliphatic rings. The molecule has 0 radical (unpaired) electrons. The predicted molar refractivity (Wildman–Crippen MR) is 96.1 cm³/mol. The highest BCUT2D eigenvalue weighted by molar-refractivity contribution is 5.88. The zero-order valence-electron chi connectivity index (χ0n) is 13.4. The van der Waals surface area contributed by atoms with Crippen LogP contribution in [0.1, 0.15) is 12.8 Å². The molecule has 0 saturated carbocycles. The lowest BCUT2D eigenvalue weighted by molar-refractivity contribution is 0.944. The van der Waals surface area contributed by atoms with Crippen LogP contribution in [-0.4, -0.2) is 18.6 Å². The lowest BCUT2D eigenvalue weighted by Crippen LogP contribution is -2.21. The molecule has 1 aromatic heterocycles. The third kappa shape index (κ3) is 2.10. The fourth-order valence-corrected chi connectivity index (χ4v) is 3.36. The molecule has 1 saturated heterocycles. The summed E-state index contributed by atoms with van der Waals surface area (Å²) in [7, 11) is 2.05. The zero-order valence-corrected chi connectivity index (χ0v) is 13.4. The number of nitrogens with zero attached hydrogens (tertiary/aromatic N) is 4. The number of aromatic nitrogens is 1. The highest BCUT2D eigenvalue weighted by Gasteiger charge is 2.29. The molecule has 116 valence electrons. The Morgan fingerprint density at radius 1 is 1.09 bits per heavy atom. The number of anilines is 4. The molecule has 0 aliphatic carbocycles. The van der Waals surface area contributed by atoms with E-state index in [2.05, 4.69) is 63.2 Å². The normalized spacial score (nSPS) is 17.2. The maximum Gasteiger partial charge on any atom is 0.134 e. The Morgan fingerprint density at radius 3 is 2.61 bits per heavy atom. The molecule has 4 nitrogen and oxygen atoms in total. The van der Waals surface area contributed by atoms with Crippen molar-refractivity contribution in [2.24, 2.45) is 0 Å². The monoisotopic (exact) mass is 304 g/mol. The zero-order chi connectivity index (χ0) is 16.0. The van der Waals surface area contributed by atoms with E-state index in [-0.39, 0.29) is 0 Å². The van der Waals surface area contributed by atoms with Crippen molar-refractivity contribution in [1.29, 1.82) is 0 Å². The topological polar surface area (TPSA) is 22.6 Å². The van der Waals surface area contributed by atoms with E-state index in [1.54, 1.807) is 0 Å². The average molecular weight is 304 g/mol. The number of para-hydroxylation sites is 2. The van der Waals surface area contributed by atoms with Gasteiger partial charge in [0, 0.05) is 31.6 Å². The quantitative estimate of drug-likeness (QED) is 0.827. The summed E-state index contributed by atoms with van der Waals surface area (Å²) in [6.07, 6.45) is 4.06. The molecule has 1 aromatic carbocycles. The molecule has 4 rings (SSSR count). The molecule has 4 heteroatoms. The lowest BCUT2D eigenvalue weighted by atomic mass is 10.2. The standard InChI is InChI=1S/C19H20N4/c1-14-7-6-12-22(14)19-13-16(10-11-20-19)23-15(2)21(3)17-8-4-5-9-18(17)23/h4-5,8-11,13H,1-2,6-7,12H2,3H3. The Morgan fingerprint density at radius 2 is 1.87 bits per heavy atom. The Hall–Kier alpha value is -2.75. The second kappa shape index (κ2) is 5.16. The van der Waals surface area contributed by atoms with Gasteiger partial charge in [0.25, 0.3) is 0 Å². The van der Waals surface area contributed by atoms with E-state index in [0.717, 1.165) is 48.1 Å². The van der Waals surface area contributed by atoms with Crippen LogP contribution in [0.4, 0.5) is 22.9 Å². The van der Waals surface area contributed by atoms with Gasteiger partial charge >= 0.3 is 0 Å². The van der Waals surface area contributed by atoms with E-state index < -0.39 is 0 Å². The highest BCUT2D eigenvalue weighted by Crippen LogP contribution is 2.44. The molecule has 23 heavy (non-hydrogen) atoms. The van der Waals surface area contributed by atoms with Crippen LogP contribution in [0, 0.1) is 0 Å². The van der Waals surface area contributed by atoms with Crippen LogP contribution < -0.4 is 14.7 Å². The fourth-order valence-electron chi connectivity index (χ4n) is 3.36. The molecule has 2 aromatic rings. The molecule has 3 heterocycles. The number of hydrogen-bond donors (Lipinski definition) is 0. The molecular weight excluding hydrogens is 284 g/mol. The van der Waals surface area contributed by atoms with E-state index in [9.17, 15) is 0 Å². The Bertz CT molecular complexity index is 795. The molecule has 0 bridgehead atoms. The van der Waals surface area contributed by atoms with Gasteiger partial charge in [-0.05, 0) is 31.0 Å². The maximum atomic E-state index is 4.54. The predicted octanol–water partition coefficient (Wildman–Crippen LogP) is 4.25. The second-order valence-corrected chi connectivity index (χ2v) is 5.99. The molecular formula is C19H20N4.